The fourth-order valence-corrected chi connectivity index (χ4v) is 8.81. The third-order valence-electron chi connectivity index (χ3n) is 9.30. The topological polar surface area (TPSA) is 65.5 Å². The molecule has 2 N–H and O–H groups in total. The van der Waals surface area contributed by atoms with Crippen LogP contribution < -0.4 is 5.32 Å². The first-order valence-corrected chi connectivity index (χ1v) is 14.3. The molecule has 0 spiro atoms. The van der Waals surface area contributed by atoms with Crippen LogP contribution in [0.15, 0.2) is 30.3 Å². The van der Waals surface area contributed by atoms with Gasteiger partial charge in [0.2, 0.25) is 5.91 Å². The van der Waals surface area contributed by atoms with Crippen molar-refractivity contribution in [3.8, 4) is 0 Å². The number of hydrogen-bond donors (Lipinski definition) is 2. The maximum absolute atomic E-state index is 13.4. The van der Waals surface area contributed by atoms with Crippen molar-refractivity contribution in [1.29, 1.82) is 0 Å². The minimum absolute atomic E-state index is 0.00896. The Labute approximate surface area is 214 Å². The van der Waals surface area contributed by atoms with Crippen LogP contribution in [0.5, 0.6) is 0 Å². The predicted octanol–water partition coefficient (Wildman–Crippen LogP) is 4.96. The molecule has 3 aliphatic rings. The zero-order valence-corrected chi connectivity index (χ0v) is 22.5. The smallest absolute Gasteiger partial charge is 0.225 e. The van der Waals surface area contributed by atoms with E-state index in [9.17, 15) is 9.90 Å². The standard InChI is InChI=1S/C29H41N3O2S/c1-18(28(34)32(4)17-20-8-6-5-7-9-20)22-10-13-29(3)16-23-25(19(2)24(29)26(22)33)31-27(35-23)21-11-14-30-15-12-21/h5-9,18-19,21-22,24,26,30,33H,10-17H2,1-4H3. The minimum Gasteiger partial charge on any atom is -0.392 e. The molecule has 1 saturated carbocycles. The highest BCUT2D eigenvalue weighted by atomic mass is 32.1. The Balaban J connectivity index is 1.33. The number of piperidine rings is 1. The van der Waals surface area contributed by atoms with Gasteiger partial charge in [0.1, 0.15) is 0 Å². The van der Waals surface area contributed by atoms with Gasteiger partial charge in [0.25, 0.3) is 0 Å². The van der Waals surface area contributed by atoms with Crippen molar-refractivity contribution in [2.45, 2.75) is 77.4 Å². The van der Waals surface area contributed by atoms with Crippen LogP contribution in [0.25, 0.3) is 0 Å². The van der Waals surface area contributed by atoms with E-state index in [1.54, 1.807) is 0 Å². The number of hydrogen-bond acceptors (Lipinski definition) is 5. The maximum atomic E-state index is 13.4. The van der Waals surface area contributed by atoms with Gasteiger partial charge in [-0.2, -0.15) is 0 Å². The minimum atomic E-state index is -0.481. The van der Waals surface area contributed by atoms with Crippen LogP contribution in [0, 0.1) is 23.2 Å². The molecule has 190 valence electrons. The predicted molar refractivity (Wildman–Crippen MR) is 141 cm³/mol. The molecule has 6 unspecified atom stereocenters. The summed E-state index contributed by atoms with van der Waals surface area (Å²) in [5, 5.41) is 16.5. The lowest BCUT2D eigenvalue weighted by atomic mass is 9.53. The van der Waals surface area contributed by atoms with E-state index in [0.717, 1.165) is 37.9 Å². The van der Waals surface area contributed by atoms with Gasteiger partial charge in [0, 0.05) is 36.2 Å². The number of aliphatic hydroxyl groups excluding tert-OH is 1. The van der Waals surface area contributed by atoms with Gasteiger partial charge in [-0.25, -0.2) is 4.98 Å². The average Bonchev–Trinajstić information content (AvgIpc) is 3.28. The Morgan fingerprint density at radius 1 is 1.26 bits per heavy atom. The van der Waals surface area contributed by atoms with Crippen LogP contribution in [0.2, 0.25) is 0 Å². The summed E-state index contributed by atoms with van der Waals surface area (Å²) in [6.07, 6.45) is 4.83. The van der Waals surface area contributed by atoms with Crippen molar-refractivity contribution in [2.75, 3.05) is 20.1 Å². The molecule has 2 fully saturated rings. The molecule has 6 heteroatoms. The number of carbonyl (C=O) groups excluding carboxylic acids is 1. The molecular formula is C29H41N3O2S. The zero-order chi connectivity index (χ0) is 24.7. The van der Waals surface area contributed by atoms with Crippen LogP contribution in [0.4, 0.5) is 0 Å². The van der Waals surface area contributed by atoms with Gasteiger partial charge in [-0.3, -0.25) is 4.79 Å². The zero-order valence-electron chi connectivity index (χ0n) is 21.7. The summed E-state index contributed by atoms with van der Waals surface area (Å²) >= 11 is 1.94. The van der Waals surface area contributed by atoms with E-state index in [4.69, 9.17) is 4.98 Å². The Morgan fingerprint density at radius 3 is 2.69 bits per heavy atom. The second-order valence-corrected chi connectivity index (χ2v) is 12.8. The van der Waals surface area contributed by atoms with Crippen LogP contribution >= 0.6 is 11.3 Å². The van der Waals surface area contributed by atoms with Crippen LogP contribution in [-0.4, -0.2) is 47.1 Å². The van der Waals surface area contributed by atoms with Crippen LogP contribution in [0.3, 0.4) is 0 Å². The van der Waals surface area contributed by atoms with E-state index in [0.29, 0.717) is 12.5 Å². The number of carbonyl (C=O) groups is 1. The third-order valence-corrected chi connectivity index (χ3v) is 10.5. The third kappa shape index (κ3) is 4.70. The number of aliphatic hydroxyl groups is 1. The molecule has 1 amide bonds. The lowest BCUT2D eigenvalue weighted by Crippen LogP contribution is -2.53. The molecule has 5 rings (SSSR count). The largest absolute Gasteiger partial charge is 0.392 e. The van der Waals surface area contributed by atoms with Gasteiger partial charge in [-0.15, -0.1) is 11.3 Å². The number of thiazole rings is 1. The maximum Gasteiger partial charge on any atom is 0.225 e. The van der Waals surface area contributed by atoms with E-state index in [2.05, 4.69) is 31.3 Å². The number of nitrogens with zero attached hydrogens (tertiary/aromatic N) is 2. The first-order valence-electron chi connectivity index (χ1n) is 13.5. The molecular weight excluding hydrogens is 454 g/mol. The fourth-order valence-electron chi connectivity index (χ4n) is 7.27. The molecule has 0 radical (unpaired) electrons. The van der Waals surface area contributed by atoms with E-state index >= 15 is 0 Å². The van der Waals surface area contributed by atoms with Crippen molar-refractivity contribution in [3.05, 3.63) is 51.5 Å². The summed E-state index contributed by atoms with van der Waals surface area (Å²) in [5.41, 5.74) is 2.43. The Morgan fingerprint density at radius 2 is 1.97 bits per heavy atom. The number of benzene rings is 1. The second kappa shape index (κ2) is 9.95. The Kier molecular flexibility index (Phi) is 7.08. The molecule has 1 saturated heterocycles. The molecule has 0 bridgehead atoms. The van der Waals surface area contributed by atoms with Gasteiger partial charge < -0.3 is 15.3 Å². The first-order chi connectivity index (χ1) is 16.8. The highest BCUT2D eigenvalue weighted by Gasteiger charge is 2.54. The van der Waals surface area contributed by atoms with Crippen molar-refractivity contribution in [3.63, 3.8) is 0 Å². The van der Waals surface area contributed by atoms with E-state index in [1.165, 1.54) is 28.4 Å². The summed E-state index contributed by atoms with van der Waals surface area (Å²) in [7, 11) is 1.89. The normalized spacial score (nSPS) is 31.9. The second-order valence-electron chi connectivity index (χ2n) is 11.7. The number of fused-ring (bicyclic) bond motifs is 2. The Hall–Kier alpha value is -1.76. The number of nitrogens with one attached hydrogen (secondary N) is 1. The monoisotopic (exact) mass is 495 g/mol. The van der Waals surface area contributed by atoms with Gasteiger partial charge in [0.15, 0.2) is 0 Å². The quantitative estimate of drug-likeness (QED) is 0.616. The molecule has 2 aliphatic carbocycles. The summed E-state index contributed by atoms with van der Waals surface area (Å²) < 4.78 is 0. The van der Waals surface area contributed by atoms with Crippen molar-refractivity contribution < 1.29 is 9.90 Å². The van der Waals surface area contributed by atoms with E-state index in [1.807, 2.05) is 48.4 Å². The lowest BCUT2D eigenvalue weighted by molar-refractivity contribution is -0.144. The SMILES string of the molecule is CC(C(=O)N(C)Cc1ccccc1)C1CCC2(C)Cc3sc(C4CCNCC4)nc3C(C)C2C1O. The summed E-state index contributed by atoms with van der Waals surface area (Å²) in [4.78, 5) is 21.9. The van der Waals surface area contributed by atoms with Crippen molar-refractivity contribution >= 4 is 17.2 Å². The fraction of sp³-hybridized carbons (Fsp3) is 0.655. The highest BCUT2D eigenvalue weighted by Crippen LogP contribution is 2.57. The summed E-state index contributed by atoms with van der Waals surface area (Å²) in [6, 6.07) is 10.1. The van der Waals surface area contributed by atoms with Gasteiger partial charge in [-0.1, -0.05) is 51.1 Å². The molecule has 1 aromatic carbocycles. The van der Waals surface area contributed by atoms with Crippen molar-refractivity contribution in [1.82, 2.24) is 15.2 Å². The van der Waals surface area contributed by atoms with Crippen LogP contribution in [0.1, 0.15) is 79.4 Å². The molecule has 6 atom stereocenters. The molecule has 35 heavy (non-hydrogen) atoms. The number of rotatable bonds is 5. The van der Waals surface area contributed by atoms with Crippen molar-refractivity contribution in [2.24, 2.45) is 23.2 Å². The molecule has 5 nitrogen and oxygen atoms in total. The lowest BCUT2D eigenvalue weighted by Gasteiger charge is -2.53. The number of amides is 1. The number of aromatic nitrogens is 1. The average molecular weight is 496 g/mol. The van der Waals surface area contributed by atoms with E-state index < -0.39 is 6.10 Å². The molecule has 1 aliphatic heterocycles. The van der Waals surface area contributed by atoms with Gasteiger partial charge in [-0.05, 0) is 68.0 Å². The van der Waals surface area contributed by atoms with Gasteiger partial charge >= 0.3 is 0 Å². The summed E-state index contributed by atoms with van der Waals surface area (Å²) in [5.74, 6) is 0.865. The first kappa shape index (κ1) is 24.9. The van der Waals surface area contributed by atoms with Crippen LogP contribution in [-0.2, 0) is 17.8 Å². The van der Waals surface area contributed by atoms with E-state index in [-0.39, 0.29) is 35.0 Å². The highest BCUT2D eigenvalue weighted by molar-refractivity contribution is 7.11. The molecule has 1 aromatic heterocycles. The summed E-state index contributed by atoms with van der Waals surface area (Å²) in [6.45, 7) is 9.43. The molecule has 2 heterocycles. The molecule has 2 aromatic rings. The van der Waals surface area contributed by atoms with Gasteiger partial charge in [0.05, 0.1) is 16.8 Å². The Bertz CT molecular complexity index is 1030.